The highest BCUT2D eigenvalue weighted by molar-refractivity contribution is 7.80. The molecule has 0 atom stereocenters. The molecule has 0 unspecified atom stereocenters. The predicted octanol–water partition coefficient (Wildman–Crippen LogP) is 5.97. The normalized spacial score (nSPS) is 11.4. The molecule has 4 aromatic rings. The molecule has 162 valence electrons. The van der Waals surface area contributed by atoms with Gasteiger partial charge in [0.05, 0.1) is 10.7 Å². The molecular formula is C24H21ClN4O2S. The molecule has 0 aliphatic heterocycles. The summed E-state index contributed by atoms with van der Waals surface area (Å²) in [5.74, 6) is 0.104. The van der Waals surface area contributed by atoms with E-state index in [-0.39, 0.29) is 16.4 Å². The average molecular weight is 465 g/mol. The number of pyridine rings is 1. The Balaban J connectivity index is 1.48. The van der Waals surface area contributed by atoms with Crippen LogP contribution in [0.15, 0.2) is 65.2 Å². The van der Waals surface area contributed by atoms with Gasteiger partial charge in [-0.25, -0.2) is 4.98 Å². The van der Waals surface area contributed by atoms with Gasteiger partial charge in [0.25, 0.3) is 5.91 Å². The lowest BCUT2D eigenvalue weighted by atomic mass is 9.87. The molecule has 2 heterocycles. The van der Waals surface area contributed by atoms with Crippen molar-refractivity contribution in [2.75, 3.05) is 5.32 Å². The first-order chi connectivity index (χ1) is 15.2. The summed E-state index contributed by atoms with van der Waals surface area (Å²) in [7, 11) is 0. The van der Waals surface area contributed by atoms with Gasteiger partial charge in [-0.15, -0.1) is 0 Å². The van der Waals surface area contributed by atoms with Crippen LogP contribution in [0, 0.1) is 0 Å². The number of hydrogen-bond donors (Lipinski definition) is 2. The van der Waals surface area contributed by atoms with Gasteiger partial charge in [-0.2, -0.15) is 4.98 Å². The van der Waals surface area contributed by atoms with Crippen LogP contribution in [0.3, 0.4) is 0 Å². The van der Waals surface area contributed by atoms with Crippen LogP contribution in [0.25, 0.3) is 22.7 Å². The molecule has 6 nitrogen and oxygen atoms in total. The number of halogens is 1. The van der Waals surface area contributed by atoms with Crippen LogP contribution in [0.2, 0.25) is 5.02 Å². The van der Waals surface area contributed by atoms with E-state index in [1.807, 2.05) is 12.1 Å². The van der Waals surface area contributed by atoms with Crippen LogP contribution in [-0.4, -0.2) is 21.0 Å². The fraction of sp³-hybridized carbons (Fsp3) is 0.167. The van der Waals surface area contributed by atoms with Crippen LogP contribution < -0.4 is 10.6 Å². The van der Waals surface area contributed by atoms with E-state index < -0.39 is 0 Å². The van der Waals surface area contributed by atoms with Crippen molar-refractivity contribution in [2.45, 2.75) is 26.2 Å². The third-order valence-corrected chi connectivity index (χ3v) is 5.40. The highest BCUT2D eigenvalue weighted by Gasteiger charge is 2.16. The van der Waals surface area contributed by atoms with Gasteiger partial charge in [-0.3, -0.25) is 10.1 Å². The summed E-state index contributed by atoms with van der Waals surface area (Å²) in [5, 5.41) is 6.23. The first-order valence-electron chi connectivity index (χ1n) is 9.95. The molecule has 0 fully saturated rings. The fourth-order valence-electron chi connectivity index (χ4n) is 3.10. The van der Waals surface area contributed by atoms with Crippen molar-refractivity contribution in [3.05, 3.63) is 76.9 Å². The molecule has 8 heteroatoms. The second kappa shape index (κ2) is 8.68. The zero-order valence-electron chi connectivity index (χ0n) is 17.8. The highest BCUT2D eigenvalue weighted by Crippen LogP contribution is 2.30. The lowest BCUT2D eigenvalue weighted by Crippen LogP contribution is -2.34. The van der Waals surface area contributed by atoms with Gasteiger partial charge >= 0.3 is 0 Å². The number of benzene rings is 2. The van der Waals surface area contributed by atoms with Gasteiger partial charge in [0.1, 0.15) is 0 Å². The van der Waals surface area contributed by atoms with E-state index in [0.717, 1.165) is 5.56 Å². The molecule has 0 saturated carbocycles. The van der Waals surface area contributed by atoms with Crippen molar-refractivity contribution in [2.24, 2.45) is 0 Å². The number of oxazole rings is 1. The average Bonchev–Trinajstić information content (AvgIpc) is 3.19. The second-order valence-corrected chi connectivity index (χ2v) is 9.09. The van der Waals surface area contributed by atoms with Gasteiger partial charge in [0, 0.05) is 17.3 Å². The Bertz CT molecular complexity index is 1280. The predicted molar refractivity (Wildman–Crippen MR) is 131 cm³/mol. The summed E-state index contributed by atoms with van der Waals surface area (Å²) in [4.78, 5) is 21.2. The zero-order valence-corrected chi connectivity index (χ0v) is 19.3. The first-order valence-corrected chi connectivity index (χ1v) is 10.7. The number of carbonyl (C=O) groups is 1. The van der Waals surface area contributed by atoms with Gasteiger partial charge in [0.15, 0.2) is 16.3 Å². The molecule has 0 bridgehead atoms. The molecule has 2 aromatic heterocycles. The van der Waals surface area contributed by atoms with Crippen molar-refractivity contribution in [1.82, 2.24) is 15.3 Å². The van der Waals surface area contributed by atoms with E-state index in [1.54, 1.807) is 48.7 Å². The lowest BCUT2D eigenvalue weighted by Gasteiger charge is -2.19. The van der Waals surface area contributed by atoms with Crippen LogP contribution in [0.5, 0.6) is 0 Å². The summed E-state index contributed by atoms with van der Waals surface area (Å²) < 4.78 is 5.76. The van der Waals surface area contributed by atoms with E-state index in [4.69, 9.17) is 28.2 Å². The number of rotatable bonds is 3. The molecule has 2 aromatic carbocycles. The molecule has 0 saturated heterocycles. The van der Waals surface area contributed by atoms with E-state index in [1.165, 1.54) is 0 Å². The van der Waals surface area contributed by atoms with E-state index in [2.05, 4.69) is 41.4 Å². The minimum Gasteiger partial charge on any atom is -0.434 e. The van der Waals surface area contributed by atoms with E-state index >= 15 is 0 Å². The van der Waals surface area contributed by atoms with Gasteiger partial charge < -0.3 is 9.73 Å². The van der Waals surface area contributed by atoms with Gasteiger partial charge in [0.2, 0.25) is 5.89 Å². The molecule has 0 aliphatic rings. The number of thiocarbonyl (C=S) groups is 1. The topological polar surface area (TPSA) is 80.0 Å². The maximum atomic E-state index is 12.6. The quantitative estimate of drug-likeness (QED) is 0.364. The first kappa shape index (κ1) is 21.9. The third-order valence-electron chi connectivity index (χ3n) is 4.87. The summed E-state index contributed by atoms with van der Waals surface area (Å²) >= 11 is 11.6. The molecule has 0 spiro atoms. The smallest absolute Gasteiger partial charge is 0.257 e. The number of anilines is 1. The van der Waals surface area contributed by atoms with E-state index in [0.29, 0.717) is 39.0 Å². The van der Waals surface area contributed by atoms with Crippen LogP contribution in [0.1, 0.15) is 36.7 Å². The molecule has 4 rings (SSSR count). The Morgan fingerprint density at radius 1 is 1.09 bits per heavy atom. The number of hydrogen-bond acceptors (Lipinski definition) is 5. The maximum Gasteiger partial charge on any atom is 0.257 e. The van der Waals surface area contributed by atoms with Crippen molar-refractivity contribution in [1.29, 1.82) is 0 Å². The Hall–Kier alpha value is -3.29. The Morgan fingerprint density at radius 3 is 2.53 bits per heavy atom. The number of carbonyl (C=O) groups excluding carboxylic acids is 1. The highest BCUT2D eigenvalue weighted by atomic mass is 35.5. The minimum absolute atomic E-state index is 0.0123. The van der Waals surface area contributed by atoms with Gasteiger partial charge in [-0.1, -0.05) is 44.5 Å². The number of fused-ring (bicyclic) bond motifs is 1. The summed E-state index contributed by atoms with van der Waals surface area (Å²) in [5.41, 5.74) is 4.00. The number of aromatic nitrogens is 2. The Labute approximate surface area is 196 Å². The summed E-state index contributed by atoms with van der Waals surface area (Å²) in [6, 6.07) is 16.3. The fourth-order valence-corrected chi connectivity index (χ4v) is 3.46. The molecule has 32 heavy (non-hydrogen) atoms. The summed E-state index contributed by atoms with van der Waals surface area (Å²) in [6.07, 6.45) is 1.65. The molecular weight excluding hydrogens is 444 g/mol. The SMILES string of the molecule is CC(C)(C)c1ccc(C(=O)NC(=S)Nc2cc(-c3nc4ncccc4o3)ccc2Cl)cc1. The minimum atomic E-state index is -0.305. The van der Waals surface area contributed by atoms with E-state index in [9.17, 15) is 4.79 Å². The van der Waals surface area contributed by atoms with Crippen molar-refractivity contribution < 1.29 is 9.21 Å². The molecule has 2 N–H and O–H groups in total. The number of nitrogens with zero attached hydrogens (tertiary/aromatic N) is 2. The van der Waals surface area contributed by atoms with Crippen molar-refractivity contribution >= 4 is 51.8 Å². The van der Waals surface area contributed by atoms with Crippen LogP contribution in [-0.2, 0) is 5.41 Å². The number of nitrogens with one attached hydrogen (secondary N) is 2. The lowest BCUT2D eigenvalue weighted by molar-refractivity contribution is 0.0977. The van der Waals surface area contributed by atoms with Gasteiger partial charge in [-0.05, 0) is 65.7 Å². The van der Waals surface area contributed by atoms with Crippen LogP contribution >= 0.6 is 23.8 Å². The maximum absolute atomic E-state index is 12.6. The Morgan fingerprint density at radius 2 is 1.84 bits per heavy atom. The third kappa shape index (κ3) is 4.79. The standard InChI is InChI=1S/C24H21ClN4O2S/c1-24(2,3)16-9-6-14(7-10-16)21(30)29-23(32)27-18-13-15(8-11-17(18)25)22-28-20-19(31-22)5-4-12-26-20/h4-13H,1-3H3,(H2,27,29,30,32). The Kier molecular flexibility index (Phi) is 5.95. The molecule has 0 radical (unpaired) electrons. The van der Waals surface area contributed by atoms with Crippen molar-refractivity contribution in [3.8, 4) is 11.5 Å². The molecule has 1 amide bonds. The number of amides is 1. The zero-order chi connectivity index (χ0) is 22.9. The summed E-state index contributed by atoms with van der Waals surface area (Å²) in [6.45, 7) is 6.36. The monoisotopic (exact) mass is 464 g/mol. The van der Waals surface area contributed by atoms with Crippen molar-refractivity contribution in [3.63, 3.8) is 0 Å². The van der Waals surface area contributed by atoms with Crippen LogP contribution in [0.4, 0.5) is 5.69 Å². The largest absolute Gasteiger partial charge is 0.434 e. The molecule has 0 aliphatic carbocycles. The second-order valence-electron chi connectivity index (χ2n) is 8.27.